The van der Waals surface area contributed by atoms with Crippen molar-refractivity contribution in [3.63, 3.8) is 0 Å². The van der Waals surface area contributed by atoms with Crippen molar-refractivity contribution in [1.82, 2.24) is 14.9 Å². The fourth-order valence-corrected chi connectivity index (χ4v) is 4.44. The van der Waals surface area contributed by atoms with Gasteiger partial charge in [-0.1, -0.05) is 12.1 Å². The third kappa shape index (κ3) is 2.64. The number of amides is 4. The van der Waals surface area contributed by atoms with Crippen molar-refractivity contribution in [3.05, 3.63) is 101 Å². The summed E-state index contributed by atoms with van der Waals surface area (Å²) in [6.07, 6.45) is 4.71. The van der Waals surface area contributed by atoms with Crippen LogP contribution in [0.2, 0.25) is 0 Å². The number of nitrogens with zero attached hydrogens (tertiary/aromatic N) is 4. The van der Waals surface area contributed by atoms with Gasteiger partial charge >= 0.3 is 0 Å². The number of carbonyl (C=O) groups is 4. The van der Waals surface area contributed by atoms with Gasteiger partial charge in [0.05, 0.1) is 6.54 Å². The molecular weight excluding hydrogens is 420 g/mol. The van der Waals surface area contributed by atoms with Crippen LogP contribution in [0.25, 0.3) is 10.8 Å². The third-order valence-electron chi connectivity index (χ3n) is 5.92. The van der Waals surface area contributed by atoms with Crippen LogP contribution in [0, 0.1) is 0 Å². The van der Waals surface area contributed by atoms with E-state index in [9.17, 15) is 19.2 Å². The van der Waals surface area contributed by atoms with Gasteiger partial charge in [-0.2, -0.15) is 0 Å². The fraction of sp³-hybridized carbons (Fsp3) is 0.0400. The molecule has 158 valence electrons. The van der Waals surface area contributed by atoms with Gasteiger partial charge < -0.3 is 0 Å². The first-order valence-corrected chi connectivity index (χ1v) is 10.2. The maximum atomic E-state index is 13.3. The van der Waals surface area contributed by atoms with E-state index in [4.69, 9.17) is 0 Å². The lowest BCUT2D eigenvalue weighted by atomic mass is 9.86. The number of imide groups is 2. The highest BCUT2D eigenvalue weighted by Crippen LogP contribution is 2.38. The van der Waals surface area contributed by atoms with Crippen LogP contribution in [0.5, 0.6) is 0 Å². The second-order valence-corrected chi connectivity index (χ2v) is 7.76. The molecule has 6 rings (SSSR count). The monoisotopic (exact) mass is 434 g/mol. The van der Waals surface area contributed by atoms with Crippen molar-refractivity contribution in [1.29, 1.82) is 0 Å². The molecular formula is C25H14N4O4. The van der Waals surface area contributed by atoms with Gasteiger partial charge in [0.2, 0.25) is 0 Å². The summed E-state index contributed by atoms with van der Waals surface area (Å²) in [5.74, 6) is -1.85. The van der Waals surface area contributed by atoms with E-state index in [1.54, 1.807) is 54.9 Å². The summed E-state index contributed by atoms with van der Waals surface area (Å²) in [4.78, 5) is 63.5. The number of anilines is 1. The van der Waals surface area contributed by atoms with Crippen molar-refractivity contribution >= 4 is 40.2 Å². The van der Waals surface area contributed by atoms with Crippen LogP contribution in [0.3, 0.4) is 0 Å². The molecule has 2 aromatic carbocycles. The van der Waals surface area contributed by atoms with Crippen molar-refractivity contribution < 1.29 is 19.2 Å². The van der Waals surface area contributed by atoms with Gasteiger partial charge in [0.1, 0.15) is 5.82 Å². The maximum absolute atomic E-state index is 13.3. The smallest absolute Gasteiger partial charge is 0.267 e. The van der Waals surface area contributed by atoms with Crippen LogP contribution in [-0.2, 0) is 6.54 Å². The summed E-state index contributed by atoms with van der Waals surface area (Å²) < 4.78 is 0. The van der Waals surface area contributed by atoms with Gasteiger partial charge in [0.25, 0.3) is 23.6 Å². The predicted molar refractivity (Wildman–Crippen MR) is 118 cm³/mol. The molecule has 8 heteroatoms. The Morgan fingerprint density at radius 2 is 1.24 bits per heavy atom. The number of pyridine rings is 2. The zero-order valence-corrected chi connectivity index (χ0v) is 17.1. The standard InChI is InChI=1S/C25H14N4O4/c30-22-15-6-8-17-21-18(25(33)29(24(17)32)19-5-1-2-11-27-19)9-7-16(20(15)21)23(31)28(22)13-14-4-3-10-26-12-14/h1-12H,13H2. The van der Waals surface area contributed by atoms with E-state index >= 15 is 0 Å². The largest absolute Gasteiger partial charge is 0.270 e. The zero-order valence-electron chi connectivity index (χ0n) is 17.1. The van der Waals surface area contributed by atoms with Gasteiger partial charge in [-0.15, -0.1) is 0 Å². The molecule has 4 amide bonds. The van der Waals surface area contributed by atoms with E-state index in [0.29, 0.717) is 16.3 Å². The lowest BCUT2D eigenvalue weighted by Gasteiger charge is -2.31. The minimum Gasteiger partial charge on any atom is -0.270 e. The Morgan fingerprint density at radius 3 is 1.76 bits per heavy atom. The van der Waals surface area contributed by atoms with Crippen LogP contribution < -0.4 is 4.90 Å². The summed E-state index contributed by atoms with van der Waals surface area (Å²) in [5, 5.41) is 0.666. The number of carbonyl (C=O) groups excluding carboxylic acids is 4. The molecule has 0 fully saturated rings. The topological polar surface area (TPSA) is 101 Å². The van der Waals surface area contributed by atoms with Crippen molar-refractivity contribution in [3.8, 4) is 0 Å². The minimum absolute atomic E-state index is 0.0707. The molecule has 2 aliphatic rings. The van der Waals surface area contributed by atoms with Crippen LogP contribution in [0.4, 0.5) is 5.82 Å². The summed E-state index contributed by atoms with van der Waals surface area (Å²) in [5.41, 5.74) is 1.76. The molecule has 0 N–H and O–H groups in total. The molecule has 2 aliphatic heterocycles. The predicted octanol–water partition coefficient (Wildman–Crippen LogP) is 3.23. The first-order chi connectivity index (χ1) is 16.1. The lowest BCUT2D eigenvalue weighted by Crippen LogP contribution is -2.43. The molecule has 2 aromatic heterocycles. The summed E-state index contributed by atoms with van der Waals surface area (Å²) in [7, 11) is 0. The average molecular weight is 434 g/mol. The zero-order chi connectivity index (χ0) is 22.7. The number of benzene rings is 2. The molecule has 0 spiro atoms. The molecule has 0 radical (unpaired) electrons. The molecule has 0 unspecified atom stereocenters. The summed E-state index contributed by atoms with van der Waals surface area (Å²) in [6.45, 7) is 0.0707. The molecule has 0 atom stereocenters. The molecule has 33 heavy (non-hydrogen) atoms. The summed E-state index contributed by atoms with van der Waals surface area (Å²) >= 11 is 0. The highest BCUT2D eigenvalue weighted by Gasteiger charge is 2.40. The summed E-state index contributed by atoms with van der Waals surface area (Å²) in [6, 6.07) is 14.6. The quantitative estimate of drug-likeness (QED) is 0.459. The fourth-order valence-electron chi connectivity index (χ4n) is 4.44. The van der Waals surface area contributed by atoms with Gasteiger partial charge in [-0.3, -0.25) is 29.1 Å². The first-order valence-electron chi connectivity index (χ1n) is 10.2. The Balaban J connectivity index is 1.52. The van der Waals surface area contributed by atoms with Crippen LogP contribution in [0.15, 0.2) is 73.2 Å². The number of hydrogen-bond donors (Lipinski definition) is 0. The molecule has 0 aliphatic carbocycles. The van der Waals surface area contributed by atoms with Gasteiger partial charge in [-0.25, -0.2) is 9.88 Å². The Hall–Kier alpha value is -4.72. The van der Waals surface area contributed by atoms with Crippen LogP contribution >= 0.6 is 0 Å². The molecule has 4 aromatic rings. The molecule has 0 saturated carbocycles. The molecule has 8 nitrogen and oxygen atoms in total. The second kappa shape index (κ2) is 6.89. The average Bonchev–Trinajstić information content (AvgIpc) is 2.85. The van der Waals surface area contributed by atoms with Crippen molar-refractivity contribution in [2.24, 2.45) is 0 Å². The Morgan fingerprint density at radius 1 is 0.636 bits per heavy atom. The molecule has 4 heterocycles. The highest BCUT2D eigenvalue weighted by atomic mass is 16.2. The molecule has 0 bridgehead atoms. The number of rotatable bonds is 3. The van der Waals surface area contributed by atoms with E-state index in [1.165, 1.54) is 18.3 Å². The normalized spacial score (nSPS) is 14.9. The van der Waals surface area contributed by atoms with Crippen molar-refractivity contribution in [2.45, 2.75) is 6.54 Å². The Kier molecular flexibility index (Phi) is 3.97. The third-order valence-corrected chi connectivity index (χ3v) is 5.92. The van der Waals surface area contributed by atoms with Gasteiger partial charge in [0.15, 0.2) is 0 Å². The SMILES string of the molecule is O=C1c2ccc3c4c(ccc(c24)C(=O)N1Cc1cccnc1)C(=O)N(c1ccccn1)C3=O. The van der Waals surface area contributed by atoms with E-state index in [1.807, 2.05) is 0 Å². The van der Waals surface area contributed by atoms with Crippen molar-refractivity contribution in [2.75, 3.05) is 4.90 Å². The van der Waals surface area contributed by atoms with Crippen LogP contribution in [-0.4, -0.2) is 38.5 Å². The first kappa shape index (κ1) is 19.0. The number of hydrogen-bond acceptors (Lipinski definition) is 6. The molecule has 0 saturated heterocycles. The minimum atomic E-state index is -0.549. The van der Waals surface area contributed by atoms with E-state index in [0.717, 1.165) is 9.80 Å². The van der Waals surface area contributed by atoms with Crippen LogP contribution in [0.1, 0.15) is 47.0 Å². The Labute approximate surface area is 187 Å². The van der Waals surface area contributed by atoms with E-state index < -0.39 is 23.6 Å². The van der Waals surface area contributed by atoms with Gasteiger partial charge in [0, 0.05) is 51.6 Å². The second-order valence-electron chi connectivity index (χ2n) is 7.76. The van der Waals surface area contributed by atoms with E-state index in [2.05, 4.69) is 9.97 Å². The lowest BCUT2D eigenvalue weighted by molar-refractivity contribution is 0.0596. The van der Waals surface area contributed by atoms with E-state index in [-0.39, 0.29) is 34.6 Å². The maximum Gasteiger partial charge on any atom is 0.267 e. The van der Waals surface area contributed by atoms with Gasteiger partial charge in [-0.05, 0) is 48.0 Å². The highest BCUT2D eigenvalue weighted by molar-refractivity contribution is 6.39. The Bertz CT molecular complexity index is 1450. The number of aromatic nitrogens is 2.